The van der Waals surface area contributed by atoms with E-state index in [0.717, 1.165) is 56.0 Å². The molecule has 1 aromatic heterocycles. The predicted molar refractivity (Wildman–Crippen MR) is 130 cm³/mol. The smallest absolute Gasteiger partial charge is 0.159 e. The van der Waals surface area contributed by atoms with Crippen LogP contribution in [-0.2, 0) is 11.2 Å². The van der Waals surface area contributed by atoms with E-state index in [-0.39, 0.29) is 0 Å². The van der Waals surface area contributed by atoms with E-state index in [2.05, 4.69) is 60.2 Å². The van der Waals surface area contributed by atoms with Crippen LogP contribution in [0.2, 0.25) is 0 Å². The summed E-state index contributed by atoms with van der Waals surface area (Å²) >= 11 is 0. The van der Waals surface area contributed by atoms with Crippen LogP contribution in [0.5, 0.6) is 5.75 Å². The Kier molecular flexibility index (Phi) is 13.3. The molecule has 0 bridgehead atoms. The first-order chi connectivity index (χ1) is 15.3. The summed E-state index contributed by atoms with van der Waals surface area (Å²) in [5.41, 5.74) is 2.40. The summed E-state index contributed by atoms with van der Waals surface area (Å²) in [5.74, 6) is 1.46. The number of hydrogen-bond donors (Lipinski definition) is 0. The molecule has 2 aromatic rings. The molecule has 0 saturated carbocycles. The zero-order valence-corrected chi connectivity index (χ0v) is 19.5. The molecule has 0 amide bonds. The minimum absolute atomic E-state index is 0.659. The van der Waals surface area contributed by atoms with Crippen molar-refractivity contribution in [2.45, 2.75) is 78.1 Å². The molecule has 0 aliphatic rings. The van der Waals surface area contributed by atoms with E-state index in [1.165, 1.54) is 44.1 Å². The molecule has 0 aliphatic heterocycles. The molecule has 0 atom stereocenters. The van der Waals surface area contributed by atoms with Crippen LogP contribution in [0.3, 0.4) is 0 Å². The molecule has 170 valence electrons. The van der Waals surface area contributed by atoms with Crippen molar-refractivity contribution in [3.63, 3.8) is 0 Å². The summed E-state index contributed by atoms with van der Waals surface area (Å²) in [4.78, 5) is 8.94. The number of rotatable bonds is 17. The molecular formula is C27H40N2O2. The van der Waals surface area contributed by atoms with Gasteiger partial charge in [-0.3, -0.25) is 0 Å². The zero-order chi connectivity index (χ0) is 22.0. The van der Waals surface area contributed by atoms with Gasteiger partial charge in [-0.05, 0) is 50.5 Å². The Bertz CT molecular complexity index is 711. The van der Waals surface area contributed by atoms with Crippen molar-refractivity contribution in [3.05, 3.63) is 54.4 Å². The summed E-state index contributed by atoms with van der Waals surface area (Å²) in [6.45, 7) is 6.81. The first-order valence-electron chi connectivity index (χ1n) is 12.1. The third-order valence-electron chi connectivity index (χ3n) is 5.14. The fourth-order valence-electron chi connectivity index (χ4n) is 3.31. The summed E-state index contributed by atoms with van der Waals surface area (Å²) < 4.78 is 11.3. The maximum Gasteiger partial charge on any atom is 0.159 e. The van der Waals surface area contributed by atoms with Gasteiger partial charge in [-0.25, -0.2) is 9.97 Å². The van der Waals surface area contributed by atoms with E-state index < -0.39 is 0 Å². The Labute approximate surface area is 189 Å². The van der Waals surface area contributed by atoms with E-state index in [1.54, 1.807) is 12.4 Å². The highest BCUT2D eigenvalue weighted by molar-refractivity contribution is 5.55. The van der Waals surface area contributed by atoms with Crippen molar-refractivity contribution in [3.8, 4) is 17.1 Å². The zero-order valence-electron chi connectivity index (χ0n) is 19.5. The molecule has 4 heteroatoms. The van der Waals surface area contributed by atoms with Gasteiger partial charge < -0.3 is 9.47 Å². The van der Waals surface area contributed by atoms with Crippen molar-refractivity contribution < 1.29 is 9.47 Å². The van der Waals surface area contributed by atoms with Gasteiger partial charge in [0.15, 0.2) is 11.6 Å². The number of benzene rings is 1. The number of aromatic nitrogens is 2. The average molecular weight is 425 g/mol. The number of aryl methyl sites for hydroxylation is 1. The molecule has 0 saturated heterocycles. The van der Waals surface area contributed by atoms with Gasteiger partial charge in [0, 0.05) is 18.8 Å². The van der Waals surface area contributed by atoms with Gasteiger partial charge in [0.05, 0.1) is 19.0 Å². The summed E-state index contributed by atoms with van der Waals surface area (Å²) in [7, 11) is 0. The van der Waals surface area contributed by atoms with Crippen LogP contribution in [0.15, 0.2) is 48.8 Å². The molecule has 0 radical (unpaired) electrons. The molecule has 0 fully saturated rings. The van der Waals surface area contributed by atoms with Gasteiger partial charge in [-0.1, -0.05) is 69.5 Å². The van der Waals surface area contributed by atoms with Gasteiger partial charge in [0.1, 0.15) is 0 Å². The first-order valence-corrected chi connectivity index (χ1v) is 12.1. The highest BCUT2D eigenvalue weighted by atomic mass is 16.5. The average Bonchev–Trinajstić information content (AvgIpc) is 2.81. The van der Waals surface area contributed by atoms with Crippen molar-refractivity contribution in [1.29, 1.82) is 0 Å². The lowest BCUT2D eigenvalue weighted by Gasteiger charge is -2.06. The highest BCUT2D eigenvalue weighted by Crippen LogP contribution is 2.18. The molecule has 0 aliphatic carbocycles. The number of ether oxygens (including phenoxy) is 2. The van der Waals surface area contributed by atoms with Crippen LogP contribution in [-0.4, -0.2) is 29.8 Å². The quantitative estimate of drug-likeness (QED) is 0.199. The normalized spacial score (nSPS) is 11.3. The Hall–Kier alpha value is -2.20. The number of hydrogen-bond acceptors (Lipinski definition) is 4. The van der Waals surface area contributed by atoms with Crippen LogP contribution in [0.4, 0.5) is 0 Å². The Morgan fingerprint density at radius 1 is 0.742 bits per heavy atom. The van der Waals surface area contributed by atoms with Crippen molar-refractivity contribution in [2.75, 3.05) is 19.8 Å². The number of unbranched alkanes of at least 4 members (excludes halogenated alkanes) is 5. The summed E-state index contributed by atoms with van der Waals surface area (Å²) in [6.07, 6.45) is 19.7. The Morgan fingerprint density at radius 2 is 1.52 bits per heavy atom. The molecule has 4 nitrogen and oxygen atoms in total. The van der Waals surface area contributed by atoms with Crippen LogP contribution in [0.25, 0.3) is 11.4 Å². The van der Waals surface area contributed by atoms with Gasteiger partial charge in [0.2, 0.25) is 0 Å². The predicted octanol–water partition coefficient (Wildman–Crippen LogP) is 7.19. The molecule has 0 N–H and O–H groups in total. The first kappa shape index (κ1) is 25.1. The lowest BCUT2D eigenvalue weighted by molar-refractivity contribution is 0.130. The van der Waals surface area contributed by atoms with Crippen molar-refractivity contribution in [1.82, 2.24) is 9.97 Å². The lowest BCUT2D eigenvalue weighted by atomic mass is 10.0. The Balaban J connectivity index is 1.66. The van der Waals surface area contributed by atoms with Gasteiger partial charge in [-0.15, -0.1) is 0 Å². The molecule has 31 heavy (non-hydrogen) atoms. The van der Waals surface area contributed by atoms with Gasteiger partial charge in [-0.2, -0.15) is 0 Å². The second-order valence-corrected chi connectivity index (χ2v) is 7.97. The third kappa shape index (κ3) is 11.1. The maximum absolute atomic E-state index is 5.74. The van der Waals surface area contributed by atoms with Crippen LogP contribution in [0, 0.1) is 0 Å². The molecule has 2 rings (SSSR count). The van der Waals surface area contributed by atoms with E-state index in [0.29, 0.717) is 6.61 Å². The van der Waals surface area contributed by atoms with E-state index in [9.17, 15) is 0 Å². The van der Waals surface area contributed by atoms with E-state index in [1.807, 2.05) is 0 Å². The molecule has 0 spiro atoms. The highest BCUT2D eigenvalue weighted by Gasteiger charge is 2.03. The van der Waals surface area contributed by atoms with Crippen molar-refractivity contribution in [2.24, 2.45) is 0 Å². The molecule has 1 heterocycles. The van der Waals surface area contributed by atoms with Crippen LogP contribution < -0.4 is 4.74 Å². The molecular weight excluding hydrogens is 384 g/mol. The molecule has 1 aromatic carbocycles. The number of allylic oxidation sites excluding steroid dienone is 1. The van der Waals surface area contributed by atoms with E-state index >= 15 is 0 Å². The van der Waals surface area contributed by atoms with Crippen LogP contribution >= 0.6 is 0 Å². The minimum Gasteiger partial charge on any atom is -0.490 e. The topological polar surface area (TPSA) is 44.2 Å². The van der Waals surface area contributed by atoms with E-state index in [4.69, 9.17) is 9.47 Å². The largest absolute Gasteiger partial charge is 0.490 e. The summed E-state index contributed by atoms with van der Waals surface area (Å²) in [6, 6.07) is 8.59. The van der Waals surface area contributed by atoms with Crippen LogP contribution in [0.1, 0.15) is 77.2 Å². The molecule has 0 unspecified atom stereocenters. The van der Waals surface area contributed by atoms with Gasteiger partial charge in [0.25, 0.3) is 0 Å². The lowest BCUT2D eigenvalue weighted by Crippen LogP contribution is -1.98. The monoisotopic (exact) mass is 424 g/mol. The minimum atomic E-state index is 0.659. The maximum atomic E-state index is 5.74. The fourth-order valence-corrected chi connectivity index (χ4v) is 3.31. The van der Waals surface area contributed by atoms with Gasteiger partial charge >= 0.3 is 0 Å². The van der Waals surface area contributed by atoms with Crippen molar-refractivity contribution >= 4 is 0 Å². The summed E-state index contributed by atoms with van der Waals surface area (Å²) in [5, 5.41) is 0. The third-order valence-corrected chi connectivity index (χ3v) is 5.14. The Morgan fingerprint density at radius 3 is 2.26 bits per heavy atom. The standard InChI is InChI=1S/C27H40N2O2/c1-3-5-6-7-8-9-13-21-31-26-22-28-27(29-23-26)25-17-15-24(16-18-25)14-11-10-12-20-30-19-4-2/h8-9,15-18,22-23H,3-7,10-14,19-21H2,1-2H3. The fraction of sp³-hybridized carbons (Fsp3) is 0.556. The SMILES string of the molecule is CCCCCC=CCCOc1cnc(-c2ccc(CCCCCOCCC)cc2)nc1. The number of nitrogens with zero attached hydrogens (tertiary/aromatic N) is 2. The second kappa shape index (κ2) is 16.5. The second-order valence-electron chi connectivity index (χ2n) is 7.97.